The molecule has 2 aromatic rings. The molecule has 4 aliphatic carbocycles. The standard InChI is InChI=1S/C24H29NO4S/c1-15-6-20(16(2)25(15)12-19-4-3-5-30-19)21(26)13-29-22(27)23-8-17-7-18(9-23)11-24(28,10-17)14-23/h3-6,17-18,28H,7-14H2,1-2H3/t17-,18+,23?,24?. The van der Waals surface area contributed by atoms with Gasteiger partial charge in [0, 0.05) is 21.8 Å². The van der Waals surface area contributed by atoms with E-state index >= 15 is 0 Å². The van der Waals surface area contributed by atoms with E-state index < -0.39 is 11.0 Å². The largest absolute Gasteiger partial charge is 0.457 e. The van der Waals surface area contributed by atoms with Crippen LogP contribution < -0.4 is 0 Å². The van der Waals surface area contributed by atoms with Gasteiger partial charge >= 0.3 is 5.97 Å². The van der Waals surface area contributed by atoms with Gasteiger partial charge in [-0.05, 0) is 81.7 Å². The average Bonchev–Trinajstić information content (AvgIpc) is 3.27. The highest BCUT2D eigenvalue weighted by molar-refractivity contribution is 7.09. The van der Waals surface area contributed by atoms with E-state index in [0.29, 0.717) is 23.8 Å². The summed E-state index contributed by atoms with van der Waals surface area (Å²) in [5.74, 6) is 0.388. The van der Waals surface area contributed by atoms with E-state index in [1.54, 1.807) is 11.3 Å². The molecule has 1 N–H and O–H groups in total. The molecule has 0 radical (unpaired) electrons. The van der Waals surface area contributed by atoms with Crippen molar-refractivity contribution in [2.45, 2.75) is 64.5 Å². The predicted octanol–water partition coefficient (Wildman–Crippen LogP) is 4.27. The van der Waals surface area contributed by atoms with Gasteiger partial charge in [-0.25, -0.2) is 0 Å². The van der Waals surface area contributed by atoms with E-state index in [1.165, 1.54) is 4.88 Å². The first-order valence-corrected chi connectivity index (χ1v) is 11.8. The van der Waals surface area contributed by atoms with Crippen molar-refractivity contribution in [1.82, 2.24) is 4.57 Å². The van der Waals surface area contributed by atoms with Gasteiger partial charge in [-0.1, -0.05) is 6.07 Å². The summed E-state index contributed by atoms with van der Waals surface area (Å²) in [5, 5.41) is 12.9. The Morgan fingerprint density at radius 3 is 2.60 bits per heavy atom. The fourth-order valence-corrected chi connectivity index (χ4v) is 7.39. The number of nitrogens with zero attached hydrogens (tertiary/aromatic N) is 1. The SMILES string of the molecule is Cc1cc(C(=O)COC(=O)C23C[C@@H]4C[C@@H](CC(O)(C4)C2)C3)c(C)n1Cc1cccs1. The van der Waals surface area contributed by atoms with E-state index in [2.05, 4.69) is 16.0 Å². The van der Waals surface area contributed by atoms with E-state index in [1.807, 2.05) is 26.0 Å². The van der Waals surface area contributed by atoms with E-state index in [0.717, 1.165) is 50.0 Å². The lowest BCUT2D eigenvalue weighted by molar-refractivity contribution is -0.195. The zero-order valence-corrected chi connectivity index (χ0v) is 18.5. The number of thiophene rings is 1. The van der Waals surface area contributed by atoms with Gasteiger partial charge in [-0.15, -0.1) is 11.3 Å². The molecule has 160 valence electrons. The first-order chi connectivity index (χ1) is 14.3. The lowest BCUT2D eigenvalue weighted by Crippen LogP contribution is -2.58. The van der Waals surface area contributed by atoms with Crippen LogP contribution in [0.3, 0.4) is 0 Å². The van der Waals surface area contributed by atoms with Crippen LogP contribution in [-0.4, -0.2) is 33.6 Å². The summed E-state index contributed by atoms with van der Waals surface area (Å²) in [4.78, 5) is 27.2. The van der Waals surface area contributed by atoms with Crippen molar-refractivity contribution in [3.8, 4) is 0 Å². The molecule has 5 nitrogen and oxygen atoms in total. The van der Waals surface area contributed by atoms with Gasteiger partial charge in [0.05, 0.1) is 17.6 Å². The Morgan fingerprint density at radius 2 is 1.97 bits per heavy atom. The average molecular weight is 428 g/mol. The van der Waals surface area contributed by atoms with Crippen molar-refractivity contribution in [2.24, 2.45) is 17.3 Å². The third-order valence-electron chi connectivity index (χ3n) is 7.57. The molecule has 0 amide bonds. The van der Waals surface area contributed by atoms with E-state index in [4.69, 9.17) is 4.74 Å². The summed E-state index contributed by atoms with van der Waals surface area (Å²) in [6.45, 7) is 4.47. The fraction of sp³-hybridized carbons (Fsp3) is 0.583. The number of ketones is 1. The zero-order chi connectivity index (χ0) is 21.1. The van der Waals surface area contributed by atoms with Crippen molar-refractivity contribution in [2.75, 3.05) is 6.61 Å². The summed E-state index contributed by atoms with van der Waals surface area (Å²) in [6, 6.07) is 6.01. The number of carbonyl (C=O) groups is 2. The molecule has 4 aliphatic rings. The number of carbonyl (C=O) groups excluding carboxylic acids is 2. The Bertz CT molecular complexity index is 975. The molecule has 0 aliphatic heterocycles. The summed E-state index contributed by atoms with van der Waals surface area (Å²) in [7, 11) is 0. The van der Waals surface area contributed by atoms with Crippen LogP contribution in [0.15, 0.2) is 23.6 Å². The number of esters is 1. The molecular formula is C24H29NO4S. The van der Waals surface area contributed by atoms with Crippen LogP contribution in [0.25, 0.3) is 0 Å². The molecule has 4 bridgehead atoms. The Balaban J connectivity index is 1.27. The quantitative estimate of drug-likeness (QED) is 0.552. The third kappa shape index (κ3) is 3.34. The number of Topliss-reactive ketones (excluding diaryl/α,β-unsaturated/α-hetero) is 1. The molecule has 4 saturated carbocycles. The maximum Gasteiger partial charge on any atom is 0.312 e. The second-order valence-corrected chi connectivity index (χ2v) is 10.9. The highest BCUT2D eigenvalue weighted by Gasteiger charge is 2.60. The molecule has 4 fully saturated rings. The molecule has 2 unspecified atom stereocenters. The van der Waals surface area contributed by atoms with Gasteiger partial charge in [0.1, 0.15) is 0 Å². The Labute approximate surface area is 181 Å². The van der Waals surface area contributed by atoms with Gasteiger partial charge < -0.3 is 14.4 Å². The maximum atomic E-state index is 13.1. The summed E-state index contributed by atoms with van der Waals surface area (Å²) in [5.41, 5.74) is 1.26. The lowest BCUT2D eigenvalue weighted by Gasteiger charge is -2.58. The topological polar surface area (TPSA) is 68.5 Å². The normalized spacial score (nSPS) is 31.8. The van der Waals surface area contributed by atoms with Gasteiger partial charge in [0.15, 0.2) is 6.61 Å². The smallest absolute Gasteiger partial charge is 0.312 e. The zero-order valence-electron chi connectivity index (χ0n) is 17.6. The first kappa shape index (κ1) is 20.0. The van der Waals surface area contributed by atoms with Crippen LogP contribution in [0, 0.1) is 31.1 Å². The molecule has 0 spiro atoms. The van der Waals surface area contributed by atoms with Crippen molar-refractivity contribution >= 4 is 23.1 Å². The second kappa shape index (κ2) is 7.06. The molecule has 2 aromatic heterocycles. The van der Waals surface area contributed by atoms with E-state index in [-0.39, 0.29) is 18.4 Å². The number of rotatable bonds is 6. The van der Waals surface area contributed by atoms with Crippen LogP contribution in [0.1, 0.15) is 65.1 Å². The van der Waals surface area contributed by atoms with E-state index in [9.17, 15) is 14.7 Å². The first-order valence-electron chi connectivity index (χ1n) is 10.9. The van der Waals surface area contributed by atoms with Gasteiger partial charge in [-0.2, -0.15) is 0 Å². The number of aryl methyl sites for hydroxylation is 1. The summed E-state index contributed by atoms with van der Waals surface area (Å²) in [6.07, 6.45) is 4.84. The molecule has 4 atom stereocenters. The Kier molecular flexibility index (Phi) is 4.71. The molecule has 6 rings (SSSR count). The van der Waals surface area contributed by atoms with Gasteiger partial charge in [0.25, 0.3) is 0 Å². The van der Waals surface area contributed by atoms with Crippen molar-refractivity contribution in [3.63, 3.8) is 0 Å². The molecular weight excluding hydrogens is 398 g/mol. The molecule has 2 heterocycles. The molecule has 0 saturated heterocycles. The van der Waals surface area contributed by atoms with Crippen molar-refractivity contribution < 1.29 is 19.4 Å². The number of aromatic nitrogens is 1. The highest BCUT2D eigenvalue weighted by atomic mass is 32.1. The van der Waals surface area contributed by atoms with Crippen LogP contribution in [-0.2, 0) is 16.1 Å². The molecule has 6 heteroatoms. The van der Waals surface area contributed by atoms with Crippen LogP contribution >= 0.6 is 11.3 Å². The Morgan fingerprint density at radius 1 is 1.23 bits per heavy atom. The minimum Gasteiger partial charge on any atom is -0.457 e. The minimum absolute atomic E-state index is 0.155. The summed E-state index contributed by atoms with van der Waals surface area (Å²) >= 11 is 1.70. The number of ether oxygens (including phenoxy) is 1. The van der Waals surface area contributed by atoms with Crippen molar-refractivity contribution in [3.05, 3.63) is 45.4 Å². The number of hydrogen-bond donors (Lipinski definition) is 1. The van der Waals surface area contributed by atoms with Gasteiger partial charge in [0.2, 0.25) is 5.78 Å². The van der Waals surface area contributed by atoms with Crippen LogP contribution in [0.5, 0.6) is 0 Å². The maximum absolute atomic E-state index is 13.1. The van der Waals surface area contributed by atoms with Crippen molar-refractivity contribution in [1.29, 1.82) is 0 Å². The van der Waals surface area contributed by atoms with Gasteiger partial charge in [-0.3, -0.25) is 9.59 Å². The number of aliphatic hydroxyl groups is 1. The van der Waals surface area contributed by atoms with Crippen LogP contribution in [0.2, 0.25) is 0 Å². The second-order valence-electron chi connectivity index (χ2n) is 9.92. The number of hydrogen-bond acceptors (Lipinski definition) is 5. The minimum atomic E-state index is -0.709. The monoisotopic (exact) mass is 427 g/mol. The Hall–Kier alpha value is -1.92. The predicted molar refractivity (Wildman–Crippen MR) is 115 cm³/mol. The highest BCUT2D eigenvalue weighted by Crippen LogP contribution is 2.61. The summed E-state index contributed by atoms with van der Waals surface area (Å²) < 4.78 is 7.73. The van der Waals surface area contributed by atoms with Crippen LogP contribution in [0.4, 0.5) is 0 Å². The fourth-order valence-electron chi connectivity index (χ4n) is 6.70. The molecule has 30 heavy (non-hydrogen) atoms. The molecule has 0 aromatic carbocycles. The third-order valence-corrected chi connectivity index (χ3v) is 8.43. The lowest BCUT2D eigenvalue weighted by atomic mass is 9.48.